The van der Waals surface area contributed by atoms with Gasteiger partial charge in [0.05, 0.1) is 11.8 Å². The second-order valence-electron chi connectivity index (χ2n) is 8.01. The molecule has 6 heteroatoms. The summed E-state index contributed by atoms with van der Waals surface area (Å²) in [7, 11) is 0. The Kier molecular flexibility index (Phi) is 5.01. The van der Waals surface area contributed by atoms with Crippen molar-refractivity contribution in [2.75, 3.05) is 26.2 Å². The summed E-state index contributed by atoms with van der Waals surface area (Å²) >= 11 is 0. The van der Waals surface area contributed by atoms with Crippen LogP contribution < -0.4 is 0 Å². The number of carboxylic acids is 1. The van der Waals surface area contributed by atoms with Crippen molar-refractivity contribution in [3.63, 3.8) is 0 Å². The molecule has 2 rings (SSSR count). The predicted octanol–water partition coefficient (Wildman–Crippen LogP) is 1.45. The fourth-order valence-electron chi connectivity index (χ4n) is 3.56. The van der Waals surface area contributed by atoms with Crippen molar-refractivity contribution in [2.45, 2.75) is 40.5 Å². The van der Waals surface area contributed by atoms with Crippen LogP contribution in [-0.2, 0) is 14.4 Å². The largest absolute Gasteiger partial charge is 0.481 e. The number of carbonyl (C=O) groups is 3. The first-order valence-electron chi connectivity index (χ1n) is 8.42. The van der Waals surface area contributed by atoms with Crippen LogP contribution in [0.5, 0.6) is 0 Å². The van der Waals surface area contributed by atoms with Crippen LogP contribution in [0.25, 0.3) is 0 Å². The molecule has 23 heavy (non-hydrogen) atoms. The summed E-state index contributed by atoms with van der Waals surface area (Å²) in [6.07, 6.45) is 1.60. The highest BCUT2D eigenvalue weighted by molar-refractivity contribution is 5.84. The molecular weight excluding hydrogens is 296 g/mol. The highest BCUT2D eigenvalue weighted by Gasteiger charge is 2.40. The van der Waals surface area contributed by atoms with Crippen molar-refractivity contribution >= 4 is 17.8 Å². The van der Waals surface area contributed by atoms with Gasteiger partial charge in [-0.3, -0.25) is 14.4 Å². The molecule has 0 aliphatic carbocycles. The molecule has 6 nitrogen and oxygen atoms in total. The number of nitrogens with zero attached hydrogens (tertiary/aromatic N) is 2. The third-order valence-electron chi connectivity index (χ3n) is 4.94. The van der Waals surface area contributed by atoms with Crippen LogP contribution in [0.2, 0.25) is 0 Å². The Balaban J connectivity index is 2.00. The molecule has 2 heterocycles. The Hall–Kier alpha value is -1.59. The summed E-state index contributed by atoms with van der Waals surface area (Å²) in [6, 6.07) is 0. The highest BCUT2D eigenvalue weighted by Crippen LogP contribution is 2.28. The van der Waals surface area contributed by atoms with E-state index in [1.807, 2.05) is 27.7 Å². The smallest absolute Gasteiger partial charge is 0.308 e. The average molecular weight is 324 g/mol. The van der Waals surface area contributed by atoms with Crippen molar-refractivity contribution in [1.82, 2.24) is 9.80 Å². The number of likely N-dealkylation sites (tertiary alicyclic amines) is 2. The van der Waals surface area contributed by atoms with Gasteiger partial charge in [0.2, 0.25) is 11.8 Å². The van der Waals surface area contributed by atoms with Gasteiger partial charge in [0.25, 0.3) is 0 Å². The zero-order chi connectivity index (χ0) is 17.4. The molecule has 130 valence electrons. The van der Waals surface area contributed by atoms with Gasteiger partial charge in [0, 0.05) is 31.6 Å². The lowest BCUT2D eigenvalue weighted by Gasteiger charge is -2.37. The number of piperidine rings is 1. The number of carboxylic acid groups (broad SMARTS) is 1. The van der Waals surface area contributed by atoms with Crippen molar-refractivity contribution in [3.8, 4) is 0 Å². The third kappa shape index (κ3) is 3.85. The third-order valence-corrected chi connectivity index (χ3v) is 4.94. The minimum absolute atomic E-state index is 0.00649. The first-order valence-corrected chi connectivity index (χ1v) is 8.42. The molecule has 1 N–H and O–H groups in total. The maximum Gasteiger partial charge on any atom is 0.308 e. The Bertz CT molecular complexity index is 497. The topological polar surface area (TPSA) is 77.9 Å². The van der Waals surface area contributed by atoms with Crippen LogP contribution in [-0.4, -0.2) is 58.9 Å². The summed E-state index contributed by atoms with van der Waals surface area (Å²) < 4.78 is 0. The Morgan fingerprint density at radius 1 is 1.04 bits per heavy atom. The molecule has 3 atom stereocenters. The monoisotopic (exact) mass is 324 g/mol. The molecule has 2 fully saturated rings. The zero-order valence-electron chi connectivity index (χ0n) is 14.5. The van der Waals surface area contributed by atoms with Gasteiger partial charge in [-0.25, -0.2) is 0 Å². The van der Waals surface area contributed by atoms with Crippen molar-refractivity contribution < 1.29 is 19.5 Å². The lowest BCUT2D eigenvalue weighted by atomic mass is 9.90. The van der Waals surface area contributed by atoms with E-state index in [9.17, 15) is 19.5 Å². The molecule has 0 bridgehead atoms. The van der Waals surface area contributed by atoms with Gasteiger partial charge < -0.3 is 14.9 Å². The molecular formula is C17H28N2O4. The number of aliphatic carboxylic acids is 1. The van der Waals surface area contributed by atoms with Gasteiger partial charge >= 0.3 is 5.97 Å². The van der Waals surface area contributed by atoms with E-state index in [2.05, 4.69) is 0 Å². The van der Waals surface area contributed by atoms with E-state index >= 15 is 0 Å². The first kappa shape index (κ1) is 17.8. The van der Waals surface area contributed by atoms with Crippen LogP contribution >= 0.6 is 0 Å². The first-order chi connectivity index (χ1) is 10.6. The van der Waals surface area contributed by atoms with Gasteiger partial charge in [-0.15, -0.1) is 0 Å². The number of rotatable bonds is 2. The van der Waals surface area contributed by atoms with Gasteiger partial charge in [-0.05, 0) is 18.8 Å². The van der Waals surface area contributed by atoms with Crippen molar-refractivity contribution in [2.24, 2.45) is 23.2 Å². The van der Waals surface area contributed by atoms with E-state index < -0.39 is 17.3 Å². The van der Waals surface area contributed by atoms with Gasteiger partial charge in [-0.1, -0.05) is 27.7 Å². The minimum Gasteiger partial charge on any atom is -0.481 e. The number of hydrogen-bond acceptors (Lipinski definition) is 3. The molecule has 0 aromatic heterocycles. The van der Waals surface area contributed by atoms with Crippen LogP contribution in [0, 0.1) is 23.2 Å². The Morgan fingerprint density at radius 2 is 1.70 bits per heavy atom. The molecule has 0 radical (unpaired) electrons. The highest BCUT2D eigenvalue weighted by atomic mass is 16.4. The summed E-state index contributed by atoms with van der Waals surface area (Å²) in [5, 5.41) is 9.21. The molecule has 0 spiro atoms. The Labute approximate surface area is 137 Å². The molecule has 0 aromatic rings. The summed E-state index contributed by atoms with van der Waals surface area (Å²) in [5.41, 5.74) is -0.443. The fourth-order valence-corrected chi connectivity index (χ4v) is 3.56. The molecule has 2 amide bonds. The van der Waals surface area contributed by atoms with Gasteiger partial charge in [-0.2, -0.15) is 0 Å². The Morgan fingerprint density at radius 3 is 2.22 bits per heavy atom. The second-order valence-corrected chi connectivity index (χ2v) is 8.01. The lowest BCUT2D eigenvalue weighted by molar-refractivity contribution is -0.145. The maximum absolute atomic E-state index is 12.7. The summed E-state index contributed by atoms with van der Waals surface area (Å²) in [4.78, 5) is 39.8. The normalized spacial score (nSPS) is 28.8. The number of amides is 2. The summed E-state index contributed by atoms with van der Waals surface area (Å²) in [5.74, 6) is -1.45. The van der Waals surface area contributed by atoms with Crippen LogP contribution in [0.4, 0.5) is 0 Å². The zero-order valence-corrected chi connectivity index (χ0v) is 14.5. The van der Waals surface area contributed by atoms with Crippen molar-refractivity contribution in [1.29, 1.82) is 0 Å². The quantitative estimate of drug-likeness (QED) is 0.834. The minimum atomic E-state index is -0.832. The number of hydrogen-bond donors (Lipinski definition) is 1. The summed E-state index contributed by atoms with van der Waals surface area (Å²) in [6.45, 7) is 9.49. The molecule has 0 saturated carbocycles. The fraction of sp³-hybridized carbons (Fsp3) is 0.824. The molecule has 0 aromatic carbocycles. The van der Waals surface area contributed by atoms with Crippen LogP contribution in [0.15, 0.2) is 0 Å². The number of carbonyl (C=O) groups excluding carboxylic acids is 2. The van der Waals surface area contributed by atoms with E-state index in [1.165, 1.54) is 0 Å². The van der Waals surface area contributed by atoms with E-state index in [-0.39, 0.29) is 23.7 Å². The average Bonchev–Trinajstić information content (AvgIpc) is 2.87. The van der Waals surface area contributed by atoms with Crippen LogP contribution in [0.3, 0.4) is 0 Å². The van der Waals surface area contributed by atoms with Gasteiger partial charge in [0.1, 0.15) is 0 Å². The second kappa shape index (κ2) is 6.49. The van der Waals surface area contributed by atoms with E-state index in [4.69, 9.17) is 0 Å². The molecule has 2 aliphatic heterocycles. The molecule has 2 aliphatic rings. The van der Waals surface area contributed by atoms with Crippen LogP contribution in [0.1, 0.15) is 40.5 Å². The van der Waals surface area contributed by atoms with E-state index in [0.29, 0.717) is 26.2 Å². The lowest BCUT2D eigenvalue weighted by Crippen LogP contribution is -2.49. The molecule has 1 unspecified atom stereocenters. The van der Waals surface area contributed by atoms with E-state index in [1.54, 1.807) is 9.80 Å². The van der Waals surface area contributed by atoms with Crippen molar-refractivity contribution in [3.05, 3.63) is 0 Å². The molecule has 2 saturated heterocycles. The van der Waals surface area contributed by atoms with E-state index in [0.717, 1.165) is 12.8 Å². The maximum atomic E-state index is 12.7. The standard InChI is InChI=1S/C17H28N2O4/c1-11-8-19(10-13(11)15(21)22)14(20)12-6-5-7-18(9-12)16(23)17(2,3)4/h11-13H,5-10H2,1-4H3,(H,21,22)/t11-,12?,13-/m1/s1. The predicted molar refractivity (Wildman–Crippen MR) is 85.6 cm³/mol. The van der Waals surface area contributed by atoms with Gasteiger partial charge in [0.15, 0.2) is 0 Å². The SMILES string of the molecule is C[C@@H]1CN(C(=O)C2CCCN(C(=O)C(C)(C)C)C2)C[C@H]1C(=O)O.